The number of rotatable bonds is 8. The van der Waals surface area contributed by atoms with Crippen molar-refractivity contribution in [3.05, 3.63) is 0 Å². The molecular weight excluding hydrogens is 200 g/mol. The van der Waals surface area contributed by atoms with E-state index in [2.05, 4.69) is 17.8 Å². The van der Waals surface area contributed by atoms with Crippen molar-refractivity contribution in [1.82, 2.24) is 0 Å². The second kappa shape index (κ2) is 12.1. The zero-order valence-electron chi connectivity index (χ0n) is 9.91. The van der Waals surface area contributed by atoms with E-state index in [9.17, 15) is 5.11 Å². The molecule has 0 aliphatic rings. The minimum absolute atomic E-state index is 0.174. The van der Waals surface area contributed by atoms with E-state index in [-0.39, 0.29) is 6.61 Å². The molecule has 0 radical (unpaired) electrons. The van der Waals surface area contributed by atoms with Gasteiger partial charge in [0.15, 0.2) is 0 Å². The van der Waals surface area contributed by atoms with Gasteiger partial charge in [-0.25, -0.2) is 0 Å². The van der Waals surface area contributed by atoms with Crippen molar-refractivity contribution in [2.45, 2.75) is 57.5 Å². The molecular formula is C14H22O2. The van der Waals surface area contributed by atoms with Gasteiger partial charge in [-0.15, -0.1) is 12.3 Å². The van der Waals surface area contributed by atoms with Crippen molar-refractivity contribution in [3.63, 3.8) is 0 Å². The Balaban J connectivity index is 3.18. The third kappa shape index (κ3) is 11.1. The van der Waals surface area contributed by atoms with Gasteiger partial charge in [-0.05, 0) is 19.3 Å². The Labute approximate surface area is 99.1 Å². The number of hydrogen-bond acceptors (Lipinski definition) is 2. The smallest absolute Gasteiger partial charge is 0.114 e. The van der Waals surface area contributed by atoms with Crippen LogP contribution in [0.2, 0.25) is 0 Å². The minimum Gasteiger partial charge on any atom is -0.384 e. The summed E-state index contributed by atoms with van der Waals surface area (Å²) in [6.45, 7) is -0.174. The second-order valence-corrected chi connectivity index (χ2v) is 3.86. The highest BCUT2D eigenvalue weighted by atomic mass is 16.3. The molecule has 1 unspecified atom stereocenters. The van der Waals surface area contributed by atoms with E-state index in [0.717, 1.165) is 25.7 Å². The summed E-state index contributed by atoms with van der Waals surface area (Å²) in [6, 6.07) is 0. The van der Waals surface area contributed by atoms with Gasteiger partial charge in [-0.1, -0.05) is 37.5 Å². The van der Waals surface area contributed by atoms with Crippen LogP contribution in [0, 0.1) is 24.2 Å². The Morgan fingerprint density at radius 3 is 2.25 bits per heavy atom. The second-order valence-electron chi connectivity index (χ2n) is 3.86. The fourth-order valence-electron chi connectivity index (χ4n) is 1.51. The molecule has 16 heavy (non-hydrogen) atoms. The molecule has 0 saturated heterocycles. The van der Waals surface area contributed by atoms with E-state index in [1.807, 2.05) is 0 Å². The van der Waals surface area contributed by atoms with Gasteiger partial charge >= 0.3 is 0 Å². The molecule has 0 rings (SSSR count). The van der Waals surface area contributed by atoms with E-state index in [0.29, 0.717) is 6.42 Å². The van der Waals surface area contributed by atoms with Crippen LogP contribution in [-0.4, -0.2) is 22.9 Å². The van der Waals surface area contributed by atoms with Crippen LogP contribution < -0.4 is 0 Å². The molecule has 0 spiro atoms. The Bertz CT molecular complexity index is 242. The van der Waals surface area contributed by atoms with Crippen LogP contribution in [0.15, 0.2) is 0 Å². The third-order valence-corrected chi connectivity index (χ3v) is 2.40. The molecule has 2 heteroatoms. The molecule has 0 saturated carbocycles. The average molecular weight is 222 g/mol. The first-order valence-electron chi connectivity index (χ1n) is 6.02. The van der Waals surface area contributed by atoms with Gasteiger partial charge in [-0.3, -0.25) is 0 Å². The maximum atomic E-state index is 9.35. The molecule has 2 nitrogen and oxygen atoms in total. The quantitative estimate of drug-likeness (QED) is 0.488. The van der Waals surface area contributed by atoms with Gasteiger partial charge in [-0.2, -0.15) is 0 Å². The van der Waals surface area contributed by atoms with Gasteiger partial charge in [0, 0.05) is 6.42 Å². The van der Waals surface area contributed by atoms with E-state index in [1.165, 1.54) is 19.3 Å². The molecule has 0 heterocycles. The maximum absolute atomic E-state index is 9.35. The lowest BCUT2D eigenvalue weighted by Gasteiger charge is -2.03. The Hall–Kier alpha value is -0.960. The van der Waals surface area contributed by atoms with Gasteiger partial charge < -0.3 is 10.2 Å². The number of unbranched alkanes of at least 4 members (excludes halogenated alkanes) is 6. The molecule has 90 valence electrons. The summed E-state index contributed by atoms with van der Waals surface area (Å²) >= 11 is 0. The van der Waals surface area contributed by atoms with Crippen molar-refractivity contribution in [1.29, 1.82) is 0 Å². The van der Waals surface area contributed by atoms with E-state index < -0.39 is 6.10 Å². The fraction of sp³-hybridized carbons (Fsp3) is 0.714. The number of aliphatic hydroxyl groups is 2. The van der Waals surface area contributed by atoms with Crippen LogP contribution in [0.4, 0.5) is 0 Å². The van der Waals surface area contributed by atoms with Crippen LogP contribution in [0.25, 0.3) is 0 Å². The molecule has 0 aliphatic carbocycles. The highest BCUT2D eigenvalue weighted by Gasteiger charge is 1.98. The lowest BCUT2D eigenvalue weighted by atomic mass is 10.1. The SMILES string of the molecule is C#CCCCCCCCCC(O)C#CCO. The monoisotopic (exact) mass is 222 g/mol. The van der Waals surface area contributed by atoms with Crippen molar-refractivity contribution >= 4 is 0 Å². The number of hydrogen-bond donors (Lipinski definition) is 2. The molecule has 0 aromatic carbocycles. The molecule has 2 N–H and O–H groups in total. The summed E-state index contributed by atoms with van der Waals surface area (Å²) in [4.78, 5) is 0. The largest absolute Gasteiger partial charge is 0.384 e. The Morgan fingerprint density at radius 2 is 1.62 bits per heavy atom. The molecule has 1 atom stereocenters. The topological polar surface area (TPSA) is 40.5 Å². The maximum Gasteiger partial charge on any atom is 0.114 e. The zero-order chi connectivity index (χ0) is 12.1. The van der Waals surface area contributed by atoms with Gasteiger partial charge in [0.25, 0.3) is 0 Å². The van der Waals surface area contributed by atoms with Crippen LogP contribution in [-0.2, 0) is 0 Å². The van der Waals surface area contributed by atoms with E-state index >= 15 is 0 Å². The molecule has 0 fully saturated rings. The Morgan fingerprint density at radius 1 is 1.00 bits per heavy atom. The predicted octanol–water partition coefficient (Wildman–Crippen LogP) is 2.10. The van der Waals surface area contributed by atoms with Crippen molar-refractivity contribution < 1.29 is 10.2 Å². The lowest BCUT2D eigenvalue weighted by molar-refractivity contribution is 0.216. The van der Waals surface area contributed by atoms with Crippen molar-refractivity contribution in [2.24, 2.45) is 0 Å². The predicted molar refractivity (Wildman–Crippen MR) is 66.6 cm³/mol. The van der Waals surface area contributed by atoms with Gasteiger partial charge in [0.2, 0.25) is 0 Å². The van der Waals surface area contributed by atoms with E-state index in [1.54, 1.807) is 0 Å². The molecule has 0 aromatic heterocycles. The first kappa shape index (κ1) is 15.0. The Kier molecular flexibility index (Phi) is 11.4. The fourth-order valence-corrected chi connectivity index (χ4v) is 1.51. The highest BCUT2D eigenvalue weighted by molar-refractivity contribution is 5.04. The van der Waals surface area contributed by atoms with Crippen LogP contribution in [0.5, 0.6) is 0 Å². The van der Waals surface area contributed by atoms with E-state index in [4.69, 9.17) is 11.5 Å². The summed E-state index contributed by atoms with van der Waals surface area (Å²) in [6.07, 6.45) is 13.1. The summed E-state index contributed by atoms with van der Waals surface area (Å²) in [5, 5.41) is 17.8. The third-order valence-electron chi connectivity index (χ3n) is 2.40. The van der Waals surface area contributed by atoms with Gasteiger partial charge in [0.1, 0.15) is 12.7 Å². The summed E-state index contributed by atoms with van der Waals surface area (Å²) in [7, 11) is 0. The summed E-state index contributed by atoms with van der Waals surface area (Å²) < 4.78 is 0. The normalized spacial score (nSPS) is 11.3. The number of terminal acetylenes is 1. The molecule has 0 amide bonds. The average Bonchev–Trinajstić information content (AvgIpc) is 2.30. The summed E-state index contributed by atoms with van der Waals surface area (Å²) in [5.74, 6) is 7.68. The standard InChI is InChI=1S/C14H22O2/c1-2-3-4-5-6-7-8-9-11-14(16)12-10-13-15/h1,14-16H,3-9,11,13H2. The van der Waals surface area contributed by atoms with Crippen LogP contribution in [0.1, 0.15) is 51.4 Å². The number of aliphatic hydroxyl groups excluding tert-OH is 2. The highest BCUT2D eigenvalue weighted by Crippen LogP contribution is 2.09. The zero-order valence-corrected chi connectivity index (χ0v) is 9.91. The molecule has 0 aliphatic heterocycles. The van der Waals surface area contributed by atoms with Crippen molar-refractivity contribution in [3.8, 4) is 24.2 Å². The lowest BCUT2D eigenvalue weighted by Crippen LogP contribution is -2.02. The summed E-state index contributed by atoms with van der Waals surface area (Å²) in [5.41, 5.74) is 0. The van der Waals surface area contributed by atoms with Crippen molar-refractivity contribution in [2.75, 3.05) is 6.61 Å². The van der Waals surface area contributed by atoms with Crippen LogP contribution >= 0.6 is 0 Å². The minimum atomic E-state index is -0.575. The van der Waals surface area contributed by atoms with Crippen LogP contribution in [0.3, 0.4) is 0 Å². The van der Waals surface area contributed by atoms with Gasteiger partial charge in [0.05, 0.1) is 0 Å². The molecule has 0 bridgehead atoms. The first-order chi connectivity index (χ1) is 7.81. The molecule has 0 aromatic rings. The first-order valence-corrected chi connectivity index (χ1v) is 6.02.